The van der Waals surface area contributed by atoms with Crippen molar-refractivity contribution in [2.45, 2.75) is 6.61 Å². The largest absolute Gasteiger partial charge is 0.493 e. The van der Waals surface area contributed by atoms with E-state index in [4.69, 9.17) is 44.3 Å². The highest BCUT2D eigenvalue weighted by atomic mass is 127. The second-order valence-electron chi connectivity index (χ2n) is 6.70. The smallest absolute Gasteiger partial charge is 0.266 e. The molecule has 0 saturated carbocycles. The molecule has 0 heterocycles. The summed E-state index contributed by atoms with van der Waals surface area (Å²) in [6.45, 7) is 0.303. The molecule has 3 rings (SSSR count). The number of halogens is 4. The van der Waals surface area contributed by atoms with E-state index in [0.29, 0.717) is 34.4 Å². The number of carbonyl (C=O) groups is 1. The van der Waals surface area contributed by atoms with Crippen molar-refractivity contribution in [1.82, 2.24) is 0 Å². The Kier molecular flexibility index (Phi) is 8.87. The molecule has 33 heavy (non-hydrogen) atoms. The zero-order chi connectivity index (χ0) is 24.0. The molecule has 3 aromatic rings. The van der Waals surface area contributed by atoms with Gasteiger partial charge in [-0.25, -0.2) is 0 Å². The predicted octanol–water partition coefficient (Wildman–Crippen LogP) is 7.38. The Balaban J connectivity index is 1.81. The molecule has 0 radical (unpaired) electrons. The molecule has 168 valence electrons. The Morgan fingerprint density at radius 2 is 1.79 bits per heavy atom. The van der Waals surface area contributed by atoms with Crippen molar-refractivity contribution in [3.8, 4) is 17.6 Å². The lowest BCUT2D eigenvalue weighted by atomic mass is 10.1. The lowest BCUT2D eigenvalue weighted by molar-refractivity contribution is -0.112. The third kappa shape index (κ3) is 6.78. The first-order valence-electron chi connectivity index (χ1n) is 9.43. The van der Waals surface area contributed by atoms with Crippen LogP contribution in [0.3, 0.4) is 0 Å². The van der Waals surface area contributed by atoms with Gasteiger partial charge in [0.05, 0.1) is 22.2 Å². The number of nitrogens with one attached hydrogen (secondary N) is 1. The van der Waals surface area contributed by atoms with Crippen LogP contribution in [0.4, 0.5) is 5.69 Å². The number of nitriles is 1. The number of rotatable bonds is 7. The van der Waals surface area contributed by atoms with Crippen molar-refractivity contribution >= 4 is 75.1 Å². The third-order valence-electron chi connectivity index (χ3n) is 4.40. The number of anilines is 1. The van der Waals surface area contributed by atoms with Crippen LogP contribution in [0.2, 0.25) is 15.1 Å². The van der Waals surface area contributed by atoms with Gasteiger partial charge >= 0.3 is 0 Å². The summed E-state index contributed by atoms with van der Waals surface area (Å²) in [4.78, 5) is 12.6. The first-order chi connectivity index (χ1) is 15.8. The maximum absolute atomic E-state index is 12.6. The van der Waals surface area contributed by atoms with E-state index in [1.54, 1.807) is 24.3 Å². The Morgan fingerprint density at radius 3 is 2.42 bits per heavy atom. The molecule has 0 atom stereocenters. The van der Waals surface area contributed by atoms with Crippen LogP contribution in [-0.4, -0.2) is 13.0 Å². The first kappa shape index (κ1) is 25.2. The van der Waals surface area contributed by atoms with Crippen molar-refractivity contribution in [2.24, 2.45) is 0 Å². The van der Waals surface area contributed by atoms with E-state index in [1.165, 1.54) is 19.3 Å². The van der Waals surface area contributed by atoms with Crippen molar-refractivity contribution in [1.29, 1.82) is 5.26 Å². The molecule has 0 fully saturated rings. The molecule has 0 spiro atoms. The van der Waals surface area contributed by atoms with E-state index in [1.807, 2.05) is 30.3 Å². The predicted molar refractivity (Wildman–Crippen MR) is 140 cm³/mol. The van der Waals surface area contributed by atoms with Gasteiger partial charge in [-0.1, -0.05) is 46.9 Å². The fourth-order valence-electron chi connectivity index (χ4n) is 2.79. The molecule has 5 nitrogen and oxygen atoms in total. The molecular weight excluding hydrogens is 598 g/mol. The van der Waals surface area contributed by atoms with Crippen molar-refractivity contribution in [3.05, 3.63) is 89.9 Å². The zero-order valence-electron chi connectivity index (χ0n) is 17.2. The van der Waals surface area contributed by atoms with E-state index in [2.05, 4.69) is 27.9 Å². The first-order valence-corrected chi connectivity index (χ1v) is 11.6. The molecule has 3 aromatic carbocycles. The minimum atomic E-state index is -0.606. The summed E-state index contributed by atoms with van der Waals surface area (Å²) in [5, 5.41) is 13.0. The summed E-state index contributed by atoms with van der Waals surface area (Å²) in [6, 6.07) is 17.7. The highest BCUT2D eigenvalue weighted by Crippen LogP contribution is 2.37. The normalized spacial score (nSPS) is 11.0. The Bertz CT molecular complexity index is 1260. The topological polar surface area (TPSA) is 71.3 Å². The Hall–Kier alpha value is -2.44. The summed E-state index contributed by atoms with van der Waals surface area (Å²) in [6.07, 6.45) is 1.41. The zero-order valence-corrected chi connectivity index (χ0v) is 21.6. The van der Waals surface area contributed by atoms with Crippen LogP contribution < -0.4 is 14.8 Å². The van der Waals surface area contributed by atoms with Crippen LogP contribution in [0.5, 0.6) is 11.5 Å². The highest BCUT2D eigenvalue weighted by molar-refractivity contribution is 14.1. The van der Waals surface area contributed by atoms with Crippen LogP contribution in [-0.2, 0) is 11.4 Å². The fraction of sp³-hybridized carbons (Fsp3) is 0.0833. The number of ether oxygens (including phenoxy) is 2. The number of carbonyl (C=O) groups excluding carboxylic acids is 1. The van der Waals surface area contributed by atoms with Crippen molar-refractivity contribution < 1.29 is 14.3 Å². The molecule has 0 bridgehead atoms. The van der Waals surface area contributed by atoms with Crippen LogP contribution in [0.25, 0.3) is 6.08 Å². The molecule has 0 unspecified atom stereocenters. The van der Waals surface area contributed by atoms with Gasteiger partial charge in [0.2, 0.25) is 0 Å². The minimum absolute atomic E-state index is 0.133. The van der Waals surface area contributed by atoms with Gasteiger partial charge in [0.15, 0.2) is 11.5 Å². The summed E-state index contributed by atoms with van der Waals surface area (Å²) in [7, 11) is 1.49. The van der Waals surface area contributed by atoms with Crippen molar-refractivity contribution in [2.75, 3.05) is 12.4 Å². The number of amides is 1. The Morgan fingerprint density at radius 1 is 1.06 bits per heavy atom. The van der Waals surface area contributed by atoms with E-state index >= 15 is 0 Å². The van der Waals surface area contributed by atoms with Crippen LogP contribution >= 0.6 is 57.4 Å². The van der Waals surface area contributed by atoms with E-state index < -0.39 is 5.91 Å². The molecule has 0 aromatic heterocycles. The number of hydrogen-bond acceptors (Lipinski definition) is 4. The Labute approximate surface area is 220 Å². The number of hydrogen-bond donors (Lipinski definition) is 1. The van der Waals surface area contributed by atoms with Gasteiger partial charge in [-0.15, -0.1) is 0 Å². The molecule has 1 amide bonds. The number of nitrogens with zero attached hydrogens (tertiary/aromatic N) is 1. The van der Waals surface area contributed by atoms with Gasteiger partial charge in [0.25, 0.3) is 5.91 Å². The van der Waals surface area contributed by atoms with Gasteiger partial charge in [-0.2, -0.15) is 5.26 Å². The van der Waals surface area contributed by atoms with Gasteiger partial charge in [-0.3, -0.25) is 4.79 Å². The molecule has 0 saturated heterocycles. The minimum Gasteiger partial charge on any atom is -0.493 e. The maximum Gasteiger partial charge on any atom is 0.266 e. The summed E-state index contributed by atoms with van der Waals surface area (Å²) < 4.78 is 12.4. The lowest BCUT2D eigenvalue weighted by Gasteiger charge is -2.14. The van der Waals surface area contributed by atoms with E-state index in [0.717, 1.165) is 9.13 Å². The summed E-state index contributed by atoms with van der Waals surface area (Å²) in [5.74, 6) is 0.139. The lowest BCUT2D eigenvalue weighted by Crippen LogP contribution is -2.13. The molecule has 9 heteroatoms. The average Bonchev–Trinajstić information content (AvgIpc) is 2.79. The van der Waals surface area contributed by atoms with E-state index in [-0.39, 0.29) is 15.6 Å². The fourth-order valence-corrected chi connectivity index (χ4v) is 3.72. The molecule has 0 aliphatic heterocycles. The standard InChI is InChI=1S/C24H16Cl3IN2O3/c1-32-22-10-15(9-21(27)23(22)33-13-14-2-4-17(28)5-3-14)8-16(12-29)24(31)30-18-6-7-19(25)20(26)11-18/h2-11H,13H2,1H3,(H,30,31)/b16-8+. The molecule has 1 N–H and O–H groups in total. The van der Waals surface area contributed by atoms with Gasteiger partial charge in [0.1, 0.15) is 18.2 Å². The van der Waals surface area contributed by atoms with Gasteiger partial charge in [0, 0.05) is 9.26 Å². The van der Waals surface area contributed by atoms with Crippen LogP contribution in [0, 0.1) is 14.9 Å². The van der Waals surface area contributed by atoms with Crippen LogP contribution in [0.1, 0.15) is 11.1 Å². The van der Waals surface area contributed by atoms with Crippen molar-refractivity contribution in [3.63, 3.8) is 0 Å². The van der Waals surface area contributed by atoms with Gasteiger partial charge < -0.3 is 14.8 Å². The maximum atomic E-state index is 12.6. The van der Waals surface area contributed by atoms with E-state index in [9.17, 15) is 10.1 Å². The average molecular weight is 614 g/mol. The summed E-state index contributed by atoms with van der Waals surface area (Å²) >= 11 is 20.5. The molecule has 0 aliphatic carbocycles. The highest BCUT2D eigenvalue weighted by Gasteiger charge is 2.15. The third-order valence-corrected chi connectivity index (χ3v) is 6.14. The summed E-state index contributed by atoms with van der Waals surface area (Å²) in [5.41, 5.74) is 1.75. The SMILES string of the molecule is COc1cc(/C=C(\C#N)C(=O)Nc2ccc(Cl)c(Cl)c2)cc(Cl)c1OCc1ccc(I)cc1. The second-order valence-corrected chi connectivity index (χ2v) is 9.17. The van der Waals surface area contributed by atoms with Crippen LogP contribution in [0.15, 0.2) is 60.2 Å². The second kappa shape index (κ2) is 11.6. The van der Waals surface area contributed by atoms with Gasteiger partial charge in [-0.05, 0) is 82.3 Å². The number of methoxy groups -OCH3 is 1. The number of benzene rings is 3. The molecular formula is C24H16Cl3IN2O3. The molecule has 0 aliphatic rings. The quantitative estimate of drug-likeness (QED) is 0.172. The monoisotopic (exact) mass is 612 g/mol.